The second kappa shape index (κ2) is 4.74. The smallest absolute Gasteiger partial charge is 0.238 e. The fourth-order valence-electron chi connectivity index (χ4n) is 1.77. The van der Waals surface area contributed by atoms with Crippen LogP contribution in [0.5, 0.6) is 0 Å². The number of benzene rings is 1. The van der Waals surface area contributed by atoms with Crippen LogP contribution in [0.1, 0.15) is 11.8 Å². The van der Waals surface area contributed by atoms with Gasteiger partial charge in [0.15, 0.2) is 5.78 Å². The molecule has 0 N–H and O–H groups in total. The van der Waals surface area contributed by atoms with Gasteiger partial charge in [0, 0.05) is 16.3 Å². The van der Waals surface area contributed by atoms with Gasteiger partial charge in [-0.05, 0) is 24.3 Å². The summed E-state index contributed by atoms with van der Waals surface area (Å²) in [6, 6.07) is 7.18. The molecule has 92 valence electrons. The number of hydrogen-bond donors (Lipinski definition) is 0. The van der Waals surface area contributed by atoms with Crippen molar-refractivity contribution < 1.29 is 9.32 Å². The van der Waals surface area contributed by atoms with Gasteiger partial charge in [0.25, 0.3) is 0 Å². The van der Waals surface area contributed by atoms with Crippen LogP contribution < -0.4 is 0 Å². The van der Waals surface area contributed by atoms with Crippen LogP contribution in [0.4, 0.5) is 0 Å². The molecular weight excluding hydrogens is 272 g/mol. The first-order valence-electron chi connectivity index (χ1n) is 5.44. The van der Waals surface area contributed by atoms with Crippen molar-refractivity contribution in [2.75, 3.05) is 11.5 Å². The lowest BCUT2D eigenvalue weighted by molar-refractivity contribution is -0.117. The molecule has 0 amide bonds. The number of rotatable bonds is 2. The molecule has 0 saturated carbocycles. The molecule has 0 bridgehead atoms. The molecule has 4 nitrogen and oxygen atoms in total. The van der Waals surface area contributed by atoms with E-state index in [4.69, 9.17) is 16.1 Å². The monoisotopic (exact) mass is 280 g/mol. The van der Waals surface area contributed by atoms with E-state index in [1.165, 1.54) is 0 Å². The maximum atomic E-state index is 11.6. The number of halogens is 1. The zero-order valence-electron chi connectivity index (χ0n) is 9.30. The molecule has 1 aromatic heterocycles. The third-order valence-electron chi connectivity index (χ3n) is 2.76. The minimum atomic E-state index is -0.247. The quantitative estimate of drug-likeness (QED) is 0.847. The van der Waals surface area contributed by atoms with Gasteiger partial charge in [-0.3, -0.25) is 4.79 Å². The Balaban J connectivity index is 1.89. The van der Waals surface area contributed by atoms with E-state index in [1.54, 1.807) is 23.9 Å². The maximum Gasteiger partial charge on any atom is 0.238 e. The lowest BCUT2D eigenvalue weighted by Crippen LogP contribution is -2.09. The Morgan fingerprint density at radius 3 is 2.78 bits per heavy atom. The summed E-state index contributed by atoms with van der Waals surface area (Å²) >= 11 is 7.41. The molecular formula is C12H9ClN2O2S. The summed E-state index contributed by atoms with van der Waals surface area (Å²) in [7, 11) is 0. The maximum absolute atomic E-state index is 11.6. The standard InChI is InChI=1S/C12H9ClN2O2S/c13-8-3-1-7(2-4-8)11-14-12(17-15-11)9-5-18-6-10(9)16/h1-4,9H,5-6H2. The molecule has 1 fully saturated rings. The normalized spacial score (nSPS) is 19.4. The topological polar surface area (TPSA) is 56.0 Å². The van der Waals surface area contributed by atoms with Crippen molar-refractivity contribution >= 4 is 29.1 Å². The number of ketones is 1. The van der Waals surface area contributed by atoms with Gasteiger partial charge in [-0.25, -0.2) is 0 Å². The van der Waals surface area contributed by atoms with E-state index in [-0.39, 0.29) is 11.7 Å². The molecule has 6 heteroatoms. The van der Waals surface area contributed by atoms with Crippen LogP contribution in [0, 0.1) is 0 Å². The van der Waals surface area contributed by atoms with Gasteiger partial charge in [0.05, 0.1) is 5.75 Å². The Kier molecular flexibility index (Phi) is 3.09. The fourth-order valence-corrected chi connectivity index (χ4v) is 2.98. The molecule has 0 aliphatic carbocycles. The summed E-state index contributed by atoms with van der Waals surface area (Å²) in [6.07, 6.45) is 0. The van der Waals surface area contributed by atoms with E-state index < -0.39 is 0 Å². The van der Waals surface area contributed by atoms with Crippen LogP contribution >= 0.6 is 23.4 Å². The first-order chi connectivity index (χ1) is 8.74. The van der Waals surface area contributed by atoms with Crippen molar-refractivity contribution in [1.29, 1.82) is 0 Å². The number of thioether (sulfide) groups is 1. The number of hydrogen-bond acceptors (Lipinski definition) is 5. The predicted molar refractivity (Wildman–Crippen MR) is 69.8 cm³/mol. The molecule has 18 heavy (non-hydrogen) atoms. The summed E-state index contributed by atoms with van der Waals surface area (Å²) in [6.45, 7) is 0. The summed E-state index contributed by atoms with van der Waals surface area (Å²) in [5, 5.41) is 4.56. The van der Waals surface area contributed by atoms with E-state index in [1.807, 2.05) is 12.1 Å². The van der Waals surface area contributed by atoms with Crippen LogP contribution in [0.3, 0.4) is 0 Å². The number of aromatic nitrogens is 2. The van der Waals surface area contributed by atoms with E-state index in [2.05, 4.69) is 10.1 Å². The number of carbonyl (C=O) groups excluding carboxylic acids is 1. The van der Waals surface area contributed by atoms with Crippen LogP contribution in [0.15, 0.2) is 28.8 Å². The molecule has 0 spiro atoms. The van der Waals surface area contributed by atoms with Gasteiger partial charge in [-0.1, -0.05) is 16.8 Å². The van der Waals surface area contributed by atoms with Gasteiger partial charge in [-0.2, -0.15) is 16.7 Å². The van der Waals surface area contributed by atoms with E-state index >= 15 is 0 Å². The summed E-state index contributed by atoms with van der Waals surface area (Å²) in [5.74, 6) is 2.07. The van der Waals surface area contributed by atoms with Gasteiger partial charge < -0.3 is 4.52 Å². The highest BCUT2D eigenvalue weighted by molar-refractivity contribution is 8.00. The molecule has 3 rings (SSSR count). The minimum absolute atomic E-state index is 0.159. The van der Waals surface area contributed by atoms with Crippen molar-refractivity contribution in [3.8, 4) is 11.4 Å². The van der Waals surface area contributed by atoms with Gasteiger partial charge in [0.1, 0.15) is 5.92 Å². The molecule has 0 radical (unpaired) electrons. The molecule has 1 aliphatic rings. The van der Waals surface area contributed by atoms with E-state index in [0.29, 0.717) is 22.5 Å². The zero-order valence-corrected chi connectivity index (χ0v) is 10.9. The molecule has 2 heterocycles. The Bertz CT molecular complexity index is 582. The highest BCUT2D eigenvalue weighted by Crippen LogP contribution is 2.29. The minimum Gasteiger partial charge on any atom is -0.338 e. The number of nitrogens with zero attached hydrogens (tertiary/aromatic N) is 2. The first kappa shape index (κ1) is 11.7. The second-order valence-corrected chi connectivity index (χ2v) is 5.46. The van der Waals surface area contributed by atoms with Crippen molar-refractivity contribution in [1.82, 2.24) is 10.1 Å². The van der Waals surface area contributed by atoms with E-state index in [9.17, 15) is 4.79 Å². The molecule has 1 unspecified atom stereocenters. The summed E-state index contributed by atoms with van der Waals surface area (Å²) < 4.78 is 5.18. The van der Waals surface area contributed by atoms with Crippen molar-refractivity contribution in [2.45, 2.75) is 5.92 Å². The number of Topliss-reactive ketones (excluding diaryl/α,β-unsaturated/α-hetero) is 1. The Hall–Kier alpha value is -1.33. The predicted octanol–water partition coefficient (Wildman–Crippen LogP) is 2.79. The average Bonchev–Trinajstić information content (AvgIpc) is 2.98. The van der Waals surface area contributed by atoms with Crippen LogP contribution in [-0.2, 0) is 4.79 Å². The van der Waals surface area contributed by atoms with Crippen molar-refractivity contribution in [3.05, 3.63) is 35.2 Å². The summed E-state index contributed by atoms with van der Waals surface area (Å²) in [5.41, 5.74) is 0.826. The van der Waals surface area contributed by atoms with Gasteiger partial charge in [0.2, 0.25) is 11.7 Å². The Labute approximate surface area is 113 Å². The third kappa shape index (κ3) is 2.15. The molecule has 1 saturated heterocycles. The molecule has 2 aromatic rings. The second-order valence-electron chi connectivity index (χ2n) is 4.00. The fraction of sp³-hybridized carbons (Fsp3) is 0.250. The Morgan fingerprint density at radius 2 is 2.11 bits per heavy atom. The lowest BCUT2D eigenvalue weighted by atomic mass is 10.1. The zero-order chi connectivity index (χ0) is 12.5. The SMILES string of the molecule is O=C1CSCC1c1nc(-c2ccc(Cl)cc2)no1. The lowest BCUT2D eigenvalue weighted by Gasteiger charge is -1.97. The summed E-state index contributed by atoms with van der Waals surface area (Å²) in [4.78, 5) is 15.9. The third-order valence-corrected chi connectivity index (χ3v) is 4.07. The average molecular weight is 281 g/mol. The van der Waals surface area contributed by atoms with E-state index in [0.717, 1.165) is 11.3 Å². The Morgan fingerprint density at radius 1 is 1.33 bits per heavy atom. The van der Waals surface area contributed by atoms with Crippen molar-refractivity contribution in [2.24, 2.45) is 0 Å². The molecule has 1 aliphatic heterocycles. The molecule has 1 atom stereocenters. The first-order valence-corrected chi connectivity index (χ1v) is 6.97. The molecule has 1 aromatic carbocycles. The van der Waals surface area contributed by atoms with Gasteiger partial charge in [-0.15, -0.1) is 0 Å². The van der Waals surface area contributed by atoms with Crippen LogP contribution in [-0.4, -0.2) is 27.4 Å². The van der Waals surface area contributed by atoms with Crippen LogP contribution in [0.25, 0.3) is 11.4 Å². The van der Waals surface area contributed by atoms with Gasteiger partial charge >= 0.3 is 0 Å². The largest absolute Gasteiger partial charge is 0.338 e. The van der Waals surface area contributed by atoms with Crippen molar-refractivity contribution in [3.63, 3.8) is 0 Å². The van der Waals surface area contributed by atoms with Crippen LogP contribution in [0.2, 0.25) is 5.02 Å². The highest BCUT2D eigenvalue weighted by Gasteiger charge is 2.31. The number of carbonyl (C=O) groups is 1. The highest BCUT2D eigenvalue weighted by atomic mass is 35.5.